The second kappa shape index (κ2) is 11.1. The third-order valence-corrected chi connectivity index (χ3v) is 17.2. The van der Waals surface area contributed by atoms with Crippen LogP contribution in [0.3, 0.4) is 0 Å². The van der Waals surface area contributed by atoms with Gasteiger partial charge in [-0.1, -0.05) is 0 Å². The number of nitrogens with zero attached hydrogens (tertiary/aromatic N) is 3. The molecule has 0 aliphatic rings. The van der Waals surface area contributed by atoms with E-state index in [1.165, 1.54) is 39.8 Å². The van der Waals surface area contributed by atoms with Crippen molar-refractivity contribution in [3.05, 3.63) is 149 Å². The first-order valence-corrected chi connectivity index (χ1v) is 17.4. The van der Waals surface area contributed by atoms with Crippen LogP contribution < -0.4 is 15.9 Å². The van der Waals surface area contributed by atoms with Gasteiger partial charge in [-0.25, -0.2) is 0 Å². The van der Waals surface area contributed by atoms with Gasteiger partial charge in [-0.05, 0) is 0 Å². The van der Waals surface area contributed by atoms with Crippen LogP contribution in [0.4, 0.5) is 5.69 Å². The van der Waals surface area contributed by atoms with Crippen LogP contribution >= 0.6 is 32.6 Å². The van der Waals surface area contributed by atoms with Crippen molar-refractivity contribution in [2.45, 2.75) is 16.1 Å². The summed E-state index contributed by atoms with van der Waals surface area (Å²) in [6.07, 6.45) is 2.46. The zero-order valence-electron chi connectivity index (χ0n) is 20.7. The standard InChI is InChI=1S/C31H23BrN3O2PS/c32-38(27-10-4-1-5-11-27,28-12-6-2-7-13-28,29-14-8-3-9-15-29)23-24-20-25(21-33)31(34-22-24)39-30-18-16-26(17-19-30)35(36)37/h1-20,22H,23H2. The van der Waals surface area contributed by atoms with E-state index in [0.717, 1.165) is 10.5 Å². The van der Waals surface area contributed by atoms with Crippen molar-refractivity contribution in [2.24, 2.45) is 0 Å². The maximum atomic E-state index is 11.0. The molecule has 5 rings (SSSR count). The number of rotatable bonds is 8. The number of benzene rings is 4. The van der Waals surface area contributed by atoms with E-state index in [1.54, 1.807) is 12.1 Å². The quantitative estimate of drug-likeness (QED) is 0.104. The van der Waals surface area contributed by atoms with Crippen LogP contribution in [0.1, 0.15) is 11.1 Å². The number of nitro groups is 1. The molecule has 8 heteroatoms. The van der Waals surface area contributed by atoms with Gasteiger partial charge in [0.1, 0.15) is 0 Å². The van der Waals surface area contributed by atoms with Gasteiger partial charge >= 0.3 is 240 Å². The van der Waals surface area contributed by atoms with Crippen molar-refractivity contribution in [3.63, 3.8) is 0 Å². The Morgan fingerprint density at radius 2 is 1.31 bits per heavy atom. The van der Waals surface area contributed by atoms with Gasteiger partial charge in [-0.3, -0.25) is 0 Å². The van der Waals surface area contributed by atoms with Gasteiger partial charge in [0.25, 0.3) is 0 Å². The van der Waals surface area contributed by atoms with Crippen LogP contribution in [0.15, 0.2) is 137 Å². The van der Waals surface area contributed by atoms with E-state index in [4.69, 9.17) is 4.98 Å². The molecule has 0 spiro atoms. The number of non-ortho nitro benzene ring substituents is 1. The zero-order valence-corrected chi connectivity index (χ0v) is 24.0. The topological polar surface area (TPSA) is 79.8 Å². The molecular weight excluding hydrogens is 589 g/mol. The van der Waals surface area contributed by atoms with Gasteiger partial charge in [-0.2, -0.15) is 0 Å². The van der Waals surface area contributed by atoms with E-state index in [9.17, 15) is 15.4 Å². The Morgan fingerprint density at radius 3 is 1.74 bits per heavy atom. The molecule has 0 fully saturated rings. The summed E-state index contributed by atoms with van der Waals surface area (Å²) in [5.74, 6) is 0. The fourth-order valence-electron chi connectivity index (χ4n) is 4.77. The second-order valence-corrected chi connectivity index (χ2v) is 19.0. The summed E-state index contributed by atoms with van der Waals surface area (Å²) in [6, 6.07) is 41.9. The SMILES string of the molecule is N#Cc1cc(CP(Br)(c2ccccc2)(c2ccccc2)c2ccccc2)cnc1Sc1ccc([N+](=O)[O-])cc1. The molecule has 4 aromatic carbocycles. The van der Waals surface area contributed by atoms with E-state index in [1.807, 2.05) is 30.5 Å². The zero-order chi connectivity index (χ0) is 27.3. The predicted molar refractivity (Wildman–Crippen MR) is 164 cm³/mol. The fraction of sp³-hybridized carbons (Fsp3) is 0.0323. The van der Waals surface area contributed by atoms with Crippen LogP contribution in [-0.4, -0.2) is 9.91 Å². The molecule has 0 amide bonds. The van der Waals surface area contributed by atoms with Gasteiger partial charge in [-0.15, -0.1) is 0 Å². The minimum atomic E-state index is -3.24. The Morgan fingerprint density at radius 1 is 0.821 bits per heavy atom. The van der Waals surface area contributed by atoms with Crippen molar-refractivity contribution < 1.29 is 4.92 Å². The molecule has 0 radical (unpaired) electrons. The van der Waals surface area contributed by atoms with Gasteiger partial charge in [0.2, 0.25) is 0 Å². The second-order valence-electron chi connectivity index (χ2n) is 9.01. The first-order valence-electron chi connectivity index (χ1n) is 12.1. The summed E-state index contributed by atoms with van der Waals surface area (Å²) >= 11 is 5.77. The minimum absolute atomic E-state index is 0.0227. The van der Waals surface area contributed by atoms with Gasteiger partial charge in [0, 0.05) is 0 Å². The van der Waals surface area contributed by atoms with Crippen LogP contribution in [0.5, 0.6) is 0 Å². The Hall–Kier alpha value is -3.82. The number of nitriles is 1. The summed E-state index contributed by atoms with van der Waals surface area (Å²) in [5.41, 5.74) is 1.42. The monoisotopic (exact) mass is 611 g/mol. The third-order valence-electron chi connectivity index (χ3n) is 6.65. The Labute approximate surface area is 239 Å². The summed E-state index contributed by atoms with van der Waals surface area (Å²) in [6.45, 7) is 0. The molecule has 0 atom stereocenters. The average Bonchev–Trinajstić information content (AvgIpc) is 2.99. The number of hydrogen-bond acceptors (Lipinski definition) is 5. The predicted octanol–water partition coefficient (Wildman–Crippen LogP) is 7.35. The molecule has 0 saturated heterocycles. The number of aromatic nitrogens is 1. The average molecular weight is 612 g/mol. The van der Waals surface area contributed by atoms with Crippen molar-refractivity contribution in [1.82, 2.24) is 4.98 Å². The van der Waals surface area contributed by atoms with Crippen LogP contribution in [0.2, 0.25) is 0 Å². The summed E-state index contributed by atoms with van der Waals surface area (Å²) in [4.78, 5) is 16.0. The van der Waals surface area contributed by atoms with E-state index in [-0.39, 0.29) is 5.69 Å². The van der Waals surface area contributed by atoms with Gasteiger partial charge in [0.05, 0.1) is 0 Å². The molecule has 1 heterocycles. The molecule has 1 aromatic heterocycles. The third kappa shape index (κ3) is 5.12. The fourth-order valence-corrected chi connectivity index (χ4v) is 13.3. The van der Waals surface area contributed by atoms with Crippen molar-refractivity contribution in [2.75, 3.05) is 0 Å². The molecule has 192 valence electrons. The molecule has 0 unspecified atom stereocenters. The van der Waals surface area contributed by atoms with E-state index >= 15 is 0 Å². The molecule has 0 aliphatic carbocycles. The first-order chi connectivity index (χ1) is 18.9. The van der Waals surface area contributed by atoms with Crippen LogP contribution in [0, 0.1) is 21.4 Å². The number of halogens is 1. The molecule has 5 nitrogen and oxygen atoms in total. The Bertz CT molecular complexity index is 1560. The number of nitro benzene ring substituents is 1. The van der Waals surface area contributed by atoms with E-state index in [2.05, 4.69) is 94.4 Å². The number of pyridine rings is 1. The summed E-state index contributed by atoms with van der Waals surface area (Å²) in [5, 5.41) is 21.9. The maximum absolute atomic E-state index is 11.0. The molecule has 39 heavy (non-hydrogen) atoms. The van der Waals surface area contributed by atoms with Gasteiger partial charge < -0.3 is 0 Å². The Kier molecular flexibility index (Phi) is 7.63. The van der Waals surface area contributed by atoms with Crippen molar-refractivity contribution in [3.8, 4) is 6.07 Å². The molecule has 0 N–H and O–H groups in total. The van der Waals surface area contributed by atoms with Crippen molar-refractivity contribution in [1.29, 1.82) is 5.26 Å². The van der Waals surface area contributed by atoms with E-state index < -0.39 is 10.2 Å². The Balaban J connectivity index is 1.63. The molecule has 0 aliphatic heterocycles. The van der Waals surface area contributed by atoms with Gasteiger partial charge in [0.15, 0.2) is 0 Å². The molecule has 0 saturated carbocycles. The molecule has 5 aromatic rings. The first kappa shape index (κ1) is 26.8. The van der Waals surface area contributed by atoms with Crippen LogP contribution in [0.25, 0.3) is 0 Å². The normalized spacial score (nSPS) is 12.2. The molecular formula is C31H23BrN3O2PS. The van der Waals surface area contributed by atoms with E-state index in [0.29, 0.717) is 16.8 Å². The van der Waals surface area contributed by atoms with Crippen LogP contribution in [-0.2, 0) is 6.16 Å². The number of hydrogen-bond donors (Lipinski definition) is 0. The summed E-state index contributed by atoms with van der Waals surface area (Å²) < 4.78 is 0. The summed E-state index contributed by atoms with van der Waals surface area (Å²) in [7, 11) is 0. The van der Waals surface area contributed by atoms with Crippen molar-refractivity contribution >= 4 is 54.2 Å². The molecule has 0 bridgehead atoms.